The quantitative estimate of drug-likeness (QED) is 0.312. The van der Waals surface area contributed by atoms with Gasteiger partial charge in [-0.25, -0.2) is 9.97 Å². The molecule has 0 fully saturated rings. The third-order valence-corrected chi connectivity index (χ3v) is 5.88. The number of methoxy groups -OCH3 is 1. The number of nitrogens with one attached hydrogen (secondary N) is 1. The molecule has 1 heterocycles. The van der Waals surface area contributed by atoms with Crippen LogP contribution in [0.4, 0.5) is 5.69 Å². The highest BCUT2D eigenvalue weighted by molar-refractivity contribution is 5.94. The number of hydrogen-bond acceptors (Lipinski definition) is 6. The smallest absolute Gasteiger partial charge is 0.251 e. The Balaban J connectivity index is 1.36. The highest BCUT2D eigenvalue weighted by Crippen LogP contribution is 2.25. The SMILES string of the molecule is CCN(CC)c1ccc(CNC(=O)c2ccc(-c3cc(Oc4ccc(OC)cc4)ncn3)cc2)cc1. The van der Waals surface area contributed by atoms with E-state index in [0.717, 1.165) is 30.0 Å². The minimum atomic E-state index is -0.124. The number of benzene rings is 3. The van der Waals surface area contributed by atoms with Gasteiger partial charge in [0.15, 0.2) is 0 Å². The topological polar surface area (TPSA) is 76.6 Å². The zero-order chi connectivity index (χ0) is 25.3. The Morgan fingerprint density at radius 2 is 1.53 bits per heavy atom. The summed E-state index contributed by atoms with van der Waals surface area (Å²) in [5, 5.41) is 2.99. The van der Waals surface area contributed by atoms with E-state index in [1.807, 2.05) is 36.4 Å². The molecule has 0 radical (unpaired) electrons. The fourth-order valence-corrected chi connectivity index (χ4v) is 3.81. The summed E-state index contributed by atoms with van der Waals surface area (Å²) in [6.07, 6.45) is 1.46. The predicted octanol–water partition coefficient (Wildman–Crippen LogP) is 5.72. The van der Waals surface area contributed by atoms with E-state index in [4.69, 9.17) is 9.47 Å². The lowest BCUT2D eigenvalue weighted by Gasteiger charge is -2.21. The standard InChI is InChI=1S/C29H30N4O3/c1-4-33(5-2)24-12-6-21(7-13-24)19-30-29(34)23-10-8-22(9-11-23)27-18-28(32-20-31-27)36-26-16-14-25(35-3)15-17-26/h6-18,20H,4-5,19H2,1-3H3,(H,30,34). The maximum atomic E-state index is 12.7. The monoisotopic (exact) mass is 482 g/mol. The van der Waals surface area contributed by atoms with Gasteiger partial charge in [-0.3, -0.25) is 4.79 Å². The van der Waals surface area contributed by atoms with E-state index in [9.17, 15) is 4.79 Å². The molecule has 184 valence electrons. The Hall–Kier alpha value is -4.39. The fourth-order valence-electron chi connectivity index (χ4n) is 3.81. The summed E-state index contributed by atoms with van der Waals surface area (Å²) < 4.78 is 11.0. The Kier molecular flexibility index (Phi) is 8.13. The Morgan fingerprint density at radius 1 is 0.861 bits per heavy atom. The van der Waals surface area contributed by atoms with Gasteiger partial charge in [-0.05, 0) is 67.9 Å². The minimum absolute atomic E-state index is 0.124. The Labute approximate surface area is 211 Å². The van der Waals surface area contributed by atoms with Crippen LogP contribution in [-0.2, 0) is 6.54 Å². The maximum Gasteiger partial charge on any atom is 0.251 e. The van der Waals surface area contributed by atoms with Crippen LogP contribution in [0.15, 0.2) is 85.2 Å². The van der Waals surface area contributed by atoms with Crippen molar-refractivity contribution in [3.63, 3.8) is 0 Å². The highest BCUT2D eigenvalue weighted by atomic mass is 16.5. The highest BCUT2D eigenvalue weighted by Gasteiger charge is 2.09. The van der Waals surface area contributed by atoms with Gasteiger partial charge in [-0.1, -0.05) is 24.3 Å². The molecule has 0 atom stereocenters. The number of ether oxygens (including phenoxy) is 2. The van der Waals surface area contributed by atoms with Crippen molar-refractivity contribution in [3.8, 4) is 28.6 Å². The summed E-state index contributed by atoms with van der Waals surface area (Å²) in [6, 6.07) is 24.7. The molecule has 7 heteroatoms. The lowest BCUT2D eigenvalue weighted by atomic mass is 10.1. The third kappa shape index (κ3) is 6.18. The number of amides is 1. The van der Waals surface area contributed by atoms with Crippen LogP contribution in [0, 0.1) is 0 Å². The number of aromatic nitrogens is 2. The van der Waals surface area contributed by atoms with Gasteiger partial charge >= 0.3 is 0 Å². The van der Waals surface area contributed by atoms with Crippen LogP contribution >= 0.6 is 0 Å². The Morgan fingerprint density at radius 3 is 2.17 bits per heavy atom. The first kappa shape index (κ1) is 24.7. The molecule has 0 unspecified atom stereocenters. The first-order chi connectivity index (χ1) is 17.6. The summed E-state index contributed by atoms with van der Waals surface area (Å²) >= 11 is 0. The first-order valence-corrected chi connectivity index (χ1v) is 12.0. The van der Waals surface area contributed by atoms with E-state index >= 15 is 0 Å². The largest absolute Gasteiger partial charge is 0.497 e. The van der Waals surface area contributed by atoms with Crippen molar-refractivity contribution in [3.05, 3.63) is 96.3 Å². The zero-order valence-electron chi connectivity index (χ0n) is 20.8. The van der Waals surface area contributed by atoms with Gasteiger partial charge < -0.3 is 19.7 Å². The molecule has 4 rings (SSSR count). The number of carbonyl (C=O) groups is 1. The fraction of sp³-hybridized carbons (Fsp3) is 0.207. The van der Waals surface area contributed by atoms with Crippen LogP contribution in [-0.4, -0.2) is 36.1 Å². The van der Waals surface area contributed by atoms with Crippen molar-refractivity contribution in [2.75, 3.05) is 25.1 Å². The van der Waals surface area contributed by atoms with Gasteiger partial charge in [0.25, 0.3) is 5.91 Å². The molecule has 0 bridgehead atoms. The molecule has 0 spiro atoms. The molecule has 1 N–H and O–H groups in total. The zero-order valence-corrected chi connectivity index (χ0v) is 20.8. The van der Waals surface area contributed by atoms with Crippen molar-refractivity contribution < 1.29 is 14.3 Å². The van der Waals surface area contributed by atoms with Crippen molar-refractivity contribution >= 4 is 11.6 Å². The first-order valence-electron chi connectivity index (χ1n) is 12.0. The molecule has 1 amide bonds. The van der Waals surface area contributed by atoms with E-state index < -0.39 is 0 Å². The third-order valence-electron chi connectivity index (χ3n) is 5.88. The summed E-state index contributed by atoms with van der Waals surface area (Å²) in [4.78, 5) is 23.5. The molecular formula is C29H30N4O3. The number of hydrogen-bond donors (Lipinski definition) is 1. The predicted molar refractivity (Wildman–Crippen MR) is 142 cm³/mol. The van der Waals surface area contributed by atoms with E-state index in [0.29, 0.717) is 29.4 Å². The Bertz CT molecular complexity index is 1270. The number of carbonyl (C=O) groups excluding carboxylic acids is 1. The lowest BCUT2D eigenvalue weighted by molar-refractivity contribution is 0.0951. The van der Waals surface area contributed by atoms with Crippen molar-refractivity contribution in [1.29, 1.82) is 0 Å². The van der Waals surface area contributed by atoms with E-state index in [-0.39, 0.29) is 5.91 Å². The second kappa shape index (κ2) is 11.8. The second-order valence-corrected chi connectivity index (χ2v) is 8.12. The summed E-state index contributed by atoms with van der Waals surface area (Å²) in [5.41, 5.74) is 4.39. The second-order valence-electron chi connectivity index (χ2n) is 8.12. The van der Waals surface area contributed by atoms with E-state index in [1.54, 1.807) is 25.3 Å². The molecule has 36 heavy (non-hydrogen) atoms. The minimum Gasteiger partial charge on any atom is -0.497 e. The van der Waals surface area contributed by atoms with Crippen LogP contribution in [0.2, 0.25) is 0 Å². The molecule has 7 nitrogen and oxygen atoms in total. The van der Waals surface area contributed by atoms with Crippen molar-refractivity contribution in [1.82, 2.24) is 15.3 Å². The molecule has 0 saturated heterocycles. The van der Waals surface area contributed by atoms with Crippen molar-refractivity contribution in [2.24, 2.45) is 0 Å². The van der Waals surface area contributed by atoms with Gasteiger partial charge in [0.2, 0.25) is 5.88 Å². The van der Waals surface area contributed by atoms with Gasteiger partial charge in [-0.2, -0.15) is 0 Å². The van der Waals surface area contributed by atoms with E-state index in [1.165, 1.54) is 12.0 Å². The molecule has 0 aliphatic carbocycles. The molecule has 0 saturated carbocycles. The molecule has 1 aromatic heterocycles. The molecule has 4 aromatic rings. The van der Waals surface area contributed by atoms with Crippen LogP contribution < -0.4 is 19.7 Å². The molecule has 0 aliphatic rings. The molecule has 0 aliphatic heterocycles. The van der Waals surface area contributed by atoms with Crippen molar-refractivity contribution in [2.45, 2.75) is 20.4 Å². The van der Waals surface area contributed by atoms with E-state index in [2.05, 4.69) is 58.3 Å². The average molecular weight is 483 g/mol. The number of rotatable bonds is 10. The average Bonchev–Trinajstić information content (AvgIpc) is 2.94. The van der Waals surface area contributed by atoms with Gasteiger partial charge in [0.1, 0.15) is 17.8 Å². The van der Waals surface area contributed by atoms with Gasteiger partial charge in [0.05, 0.1) is 12.8 Å². The van der Waals surface area contributed by atoms with Crippen LogP contribution in [0.25, 0.3) is 11.3 Å². The van der Waals surface area contributed by atoms with Crippen LogP contribution in [0.1, 0.15) is 29.8 Å². The van der Waals surface area contributed by atoms with Crippen LogP contribution in [0.3, 0.4) is 0 Å². The molecular weight excluding hydrogens is 452 g/mol. The maximum absolute atomic E-state index is 12.7. The molecule has 3 aromatic carbocycles. The number of anilines is 1. The normalized spacial score (nSPS) is 10.5. The lowest BCUT2D eigenvalue weighted by Crippen LogP contribution is -2.23. The number of nitrogens with zero attached hydrogens (tertiary/aromatic N) is 3. The summed E-state index contributed by atoms with van der Waals surface area (Å²) in [6.45, 7) is 6.69. The van der Waals surface area contributed by atoms with Crippen LogP contribution in [0.5, 0.6) is 17.4 Å². The van der Waals surface area contributed by atoms with Gasteiger partial charge in [0, 0.05) is 42.5 Å². The summed E-state index contributed by atoms with van der Waals surface area (Å²) in [5.74, 6) is 1.71. The summed E-state index contributed by atoms with van der Waals surface area (Å²) in [7, 11) is 1.62. The van der Waals surface area contributed by atoms with Gasteiger partial charge in [-0.15, -0.1) is 0 Å².